The molecule has 0 saturated carbocycles. The molecule has 0 bridgehead atoms. The molecule has 3 rings (SSSR count). The molecular formula is C14H12N2O. The first-order valence-electron chi connectivity index (χ1n) is 5.77. The van der Waals surface area contributed by atoms with Gasteiger partial charge in [0.15, 0.2) is 0 Å². The molecule has 1 aromatic carbocycles. The molecule has 84 valence electrons. The van der Waals surface area contributed by atoms with Gasteiger partial charge in [-0.3, -0.25) is 4.98 Å². The summed E-state index contributed by atoms with van der Waals surface area (Å²) in [4.78, 5) is 4.65. The zero-order valence-corrected chi connectivity index (χ0v) is 9.44. The topological polar surface area (TPSA) is 45.9 Å². The van der Waals surface area contributed by atoms with Gasteiger partial charge in [0, 0.05) is 17.5 Å². The van der Waals surface area contributed by atoms with E-state index in [4.69, 9.17) is 10.00 Å². The summed E-state index contributed by atoms with van der Waals surface area (Å²) in [6.07, 6.45) is 1.79. The summed E-state index contributed by atoms with van der Waals surface area (Å²) in [6, 6.07) is 9.97. The summed E-state index contributed by atoms with van der Waals surface area (Å²) >= 11 is 0. The molecule has 1 aliphatic rings. The maximum atomic E-state index is 8.88. The number of nitrogens with zero attached hydrogens (tertiary/aromatic N) is 2. The van der Waals surface area contributed by atoms with E-state index in [-0.39, 0.29) is 0 Å². The van der Waals surface area contributed by atoms with Crippen LogP contribution in [0.2, 0.25) is 0 Å². The van der Waals surface area contributed by atoms with Crippen molar-refractivity contribution in [2.45, 2.75) is 12.8 Å². The van der Waals surface area contributed by atoms with Crippen molar-refractivity contribution in [3.05, 3.63) is 41.1 Å². The van der Waals surface area contributed by atoms with Gasteiger partial charge < -0.3 is 4.74 Å². The minimum absolute atomic E-state index is 0.662. The van der Waals surface area contributed by atoms with Crippen LogP contribution in [-0.2, 0) is 17.6 Å². The molecule has 0 aliphatic carbocycles. The smallest absolute Gasteiger partial charge is 0.0992 e. The second-order valence-electron chi connectivity index (χ2n) is 4.23. The lowest BCUT2D eigenvalue weighted by Crippen LogP contribution is -1.98. The molecule has 3 nitrogen and oxygen atoms in total. The molecule has 3 heteroatoms. The van der Waals surface area contributed by atoms with Gasteiger partial charge in [0.2, 0.25) is 0 Å². The molecule has 0 fully saturated rings. The maximum absolute atomic E-state index is 8.88. The maximum Gasteiger partial charge on any atom is 0.0992 e. The number of fused-ring (bicyclic) bond motifs is 2. The quantitative estimate of drug-likeness (QED) is 0.689. The zero-order chi connectivity index (χ0) is 11.7. The summed E-state index contributed by atoms with van der Waals surface area (Å²) in [5, 5.41) is 9.98. The molecule has 2 aromatic rings. The fourth-order valence-electron chi connectivity index (χ4n) is 2.21. The van der Waals surface area contributed by atoms with Crippen molar-refractivity contribution >= 4 is 10.9 Å². The highest BCUT2D eigenvalue weighted by molar-refractivity contribution is 5.81. The minimum Gasteiger partial charge on any atom is -0.381 e. The van der Waals surface area contributed by atoms with Gasteiger partial charge in [0.25, 0.3) is 0 Å². The van der Waals surface area contributed by atoms with Crippen LogP contribution in [0.25, 0.3) is 10.9 Å². The second-order valence-corrected chi connectivity index (χ2v) is 4.23. The highest BCUT2D eigenvalue weighted by atomic mass is 16.5. The molecule has 0 saturated heterocycles. The average Bonchev–Trinajstić information content (AvgIpc) is 2.60. The molecule has 0 N–H and O–H groups in total. The Hall–Kier alpha value is -1.92. The zero-order valence-electron chi connectivity index (χ0n) is 9.44. The van der Waals surface area contributed by atoms with E-state index >= 15 is 0 Å². The number of pyridine rings is 1. The Morgan fingerprint density at radius 3 is 2.94 bits per heavy atom. The predicted molar refractivity (Wildman–Crippen MR) is 64.7 cm³/mol. The normalized spacial score (nSPS) is 15.0. The first-order valence-corrected chi connectivity index (χ1v) is 5.77. The van der Waals surface area contributed by atoms with Gasteiger partial charge in [-0.25, -0.2) is 0 Å². The minimum atomic E-state index is 0.662. The van der Waals surface area contributed by atoms with E-state index in [0.717, 1.165) is 42.7 Å². The van der Waals surface area contributed by atoms with Gasteiger partial charge >= 0.3 is 0 Å². The number of rotatable bonds is 0. The van der Waals surface area contributed by atoms with Gasteiger partial charge in [-0.1, -0.05) is 6.07 Å². The lowest BCUT2D eigenvalue weighted by atomic mass is 10.0. The number of nitriles is 1. The highest BCUT2D eigenvalue weighted by Gasteiger charge is 2.10. The van der Waals surface area contributed by atoms with E-state index in [1.165, 1.54) is 5.56 Å². The van der Waals surface area contributed by atoms with Crippen molar-refractivity contribution in [3.63, 3.8) is 0 Å². The summed E-state index contributed by atoms with van der Waals surface area (Å²) in [7, 11) is 0. The molecule has 0 atom stereocenters. The van der Waals surface area contributed by atoms with E-state index in [1.807, 2.05) is 18.2 Å². The van der Waals surface area contributed by atoms with Crippen molar-refractivity contribution < 1.29 is 4.74 Å². The third-order valence-corrected chi connectivity index (χ3v) is 3.11. The first kappa shape index (κ1) is 10.2. The van der Waals surface area contributed by atoms with Crippen molar-refractivity contribution in [2.24, 2.45) is 0 Å². The number of hydrogen-bond acceptors (Lipinski definition) is 3. The number of benzene rings is 1. The number of hydrogen-bond donors (Lipinski definition) is 0. The lowest BCUT2D eigenvalue weighted by molar-refractivity contribution is 0.146. The van der Waals surface area contributed by atoms with E-state index in [9.17, 15) is 0 Å². The predicted octanol–water partition coefficient (Wildman–Crippen LogP) is 2.22. The van der Waals surface area contributed by atoms with Gasteiger partial charge in [-0.05, 0) is 30.2 Å². The van der Waals surface area contributed by atoms with Gasteiger partial charge in [-0.2, -0.15) is 5.26 Å². The SMILES string of the molecule is N#Cc1ccc2cc3c(nc2c1)CCOCC3. The van der Waals surface area contributed by atoms with Crippen molar-refractivity contribution in [3.8, 4) is 6.07 Å². The van der Waals surface area contributed by atoms with Crippen LogP contribution >= 0.6 is 0 Å². The molecule has 17 heavy (non-hydrogen) atoms. The van der Waals surface area contributed by atoms with Gasteiger partial charge in [0.05, 0.1) is 30.4 Å². The monoisotopic (exact) mass is 224 g/mol. The van der Waals surface area contributed by atoms with Crippen LogP contribution in [0.15, 0.2) is 24.3 Å². The number of ether oxygens (including phenoxy) is 1. The van der Waals surface area contributed by atoms with Crippen LogP contribution in [0.5, 0.6) is 0 Å². The summed E-state index contributed by atoms with van der Waals surface area (Å²) < 4.78 is 5.46. The fourth-order valence-corrected chi connectivity index (χ4v) is 2.21. The molecule has 2 heterocycles. The van der Waals surface area contributed by atoms with Crippen molar-refractivity contribution in [1.29, 1.82) is 5.26 Å². The summed E-state index contributed by atoms with van der Waals surface area (Å²) in [6.45, 7) is 1.51. The molecule has 0 radical (unpaired) electrons. The molecule has 0 spiro atoms. The third-order valence-electron chi connectivity index (χ3n) is 3.11. The Morgan fingerprint density at radius 2 is 2.06 bits per heavy atom. The van der Waals surface area contributed by atoms with Crippen LogP contribution < -0.4 is 0 Å². The third kappa shape index (κ3) is 1.88. The van der Waals surface area contributed by atoms with E-state index in [2.05, 4.69) is 17.1 Å². The van der Waals surface area contributed by atoms with Crippen LogP contribution in [0.1, 0.15) is 16.8 Å². The van der Waals surface area contributed by atoms with Crippen LogP contribution in [0.4, 0.5) is 0 Å². The van der Waals surface area contributed by atoms with Crippen LogP contribution in [0.3, 0.4) is 0 Å². The standard InChI is InChI=1S/C14H12N2O/c15-9-10-1-2-11-8-12-3-5-17-6-4-13(12)16-14(11)7-10/h1-2,7-8H,3-6H2. The Bertz CT molecular complexity index is 613. The molecular weight excluding hydrogens is 212 g/mol. The average molecular weight is 224 g/mol. The fraction of sp³-hybridized carbons (Fsp3) is 0.286. The van der Waals surface area contributed by atoms with E-state index in [0.29, 0.717) is 5.56 Å². The van der Waals surface area contributed by atoms with Crippen LogP contribution in [-0.4, -0.2) is 18.2 Å². The highest BCUT2D eigenvalue weighted by Crippen LogP contribution is 2.20. The van der Waals surface area contributed by atoms with Crippen LogP contribution in [0, 0.1) is 11.3 Å². The Labute approximate surface area is 99.7 Å². The Balaban J connectivity index is 2.19. The van der Waals surface area contributed by atoms with Crippen molar-refractivity contribution in [2.75, 3.05) is 13.2 Å². The van der Waals surface area contributed by atoms with E-state index < -0.39 is 0 Å². The Morgan fingerprint density at radius 1 is 1.18 bits per heavy atom. The summed E-state index contributed by atoms with van der Waals surface area (Å²) in [5.41, 5.74) is 3.96. The van der Waals surface area contributed by atoms with Crippen molar-refractivity contribution in [1.82, 2.24) is 4.98 Å². The first-order chi connectivity index (χ1) is 8.36. The number of aromatic nitrogens is 1. The van der Waals surface area contributed by atoms with Gasteiger partial charge in [0.1, 0.15) is 0 Å². The second kappa shape index (κ2) is 4.15. The summed E-state index contributed by atoms with van der Waals surface area (Å²) in [5.74, 6) is 0. The molecule has 1 aliphatic heterocycles. The Kier molecular flexibility index (Phi) is 2.50. The molecule has 1 aromatic heterocycles. The molecule has 0 unspecified atom stereocenters. The largest absolute Gasteiger partial charge is 0.381 e. The lowest BCUT2D eigenvalue weighted by Gasteiger charge is -2.06. The molecule has 0 amide bonds. The van der Waals surface area contributed by atoms with E-state index in [1.54, 1.807) is 0 Å². The van der Waals surface area contributed by atoms with Gasteiger partial charge in [-0.15, -0.1) is 0 Å².